The molecular formula is C22H21BrN2O. The fourth-order valence-electron chi connectivity index (χ4n) is 2.81. The molecule has 0 aromatic heterocycles. The zero-order valence-electron chi connectivity index (χ0n) is 14.4. The average Bonchev–Trinajstić information content (AvgIpc) is 2.65. The Bertz CT molecular complexity index is 796. The van der Waals surface area contributed by atoms with Crippen molar-refractivity contribution in [3.63, 3.8) is 0 Å². The normalized spacial score (nSPS) is 10.7. The number of halogens is 1. The number of hydrogen-bond acceptors (Lipinski definition) is 2. The van der Waals surface area contributed by atoms with E-state index in [1.165, 1.54) is 11.1 Å². The standard InChI is InChI=1S/C22H21BrN2O/c23-20-13-7-8-14-21(20)24-22(26)17-25(15-18-9-3-1-4-10-18)16-19-11-5-2-6-12-19/h1-14H,15-17H2,(H,24,26). The highest BCUT2D eigenvalue weighted by atomic mass is 79.9. The van der Waals surface area contributed by atoms with Crippen molar-refractivity contribution in [2.45, 2.75) is 13.1 Å². The van der Waals surface area contributed by atoms with Gasteiger partial charge in [-0.05, 0) is 39.2 Å². The minimum Gasteiger partial charge on any atom is -0.324 e. The average molecular weight is 409 g/mol. The van der Waals surface area contributed by atoms with E-state index in [0.717, 1.165) is 23.2 Å². The third kappa shape index (κ3) is 5.55. The van der Waals surface area contributed by atoms with E-state index < -0.39 is 0 Å². The topological polar surface area (TPSA) is 32.3 Å². The lowest BCUT2D eigenvalue weighted by Gasteiger charge is -2.22. The Morgan fingerprint density at radius 2 is 1.27 bits per heavy atom. The third-order valence-corrected chi connectivity index (χ3v) is 4.70. The van der Waals surface area contributed by atoms with E-state index in [1.54, 1.807) is 0 Å². The van der Waals surface area contributed by atoms with Crippen LogP contribution in [0.3, 0.4) is 0 Å². The Hall–Kier alpha value is -2.43. The molecule has 0 radical (unpaired) electrons. The highest BCUT2D eigenvalue weighted by Gasteiger charge is 2.13. The van der Waals surface area contributed by atoms with Crippen LogP contribution in [0.25, 0.3) is 0 Å². The molecule has 3 aromatic rings. The molecule has 0 aliphatic carbocycles. The van der Waals surface area contributed by atoms with Crippen LogP contribution in [0.15, 0.2) is 89.4 Å². The van der Waals surface area contributed by atoms with E-state index in [1.807, 2.05) is 60.7 Å². The predicted molar refractivity (Wildman–Crippen MR) is 110 cm³/mol. The minimum absolute atomic E-state index is 0.0243. The maximum absolute atomic E-state index is 12.6. The van der Waals surface area contributed by atoms with E-state index in [9.17, 15) is 4.79 Å². The number of para-hydroxylation sites is 1. The minimum atomic E-state index is -0.0243. The van der Waals surface area contributed by atoms with Crippen molar-refractivity contribution in [1.82, 2.24) is 4.90 Å². The van der Waals surface area contributed by atoms with E-state index in [2.05, 4.69) is 50.4 Å². The number of hydrogen-bond donors (Lipinski definition) is 1. The van der Waals surface area contributed by atoms with Crippen LogP contribution in [0.4, 0.5) is 5.69 Å². The number of nitrogens with one attached hydrogen (secondary N) is 1. The van der Waals surface area contributed by atoms with Gasteiger partial charge in [-0.25, -0.2) is 0 Å². The molecule has 0 bridgehead atoms. The van der Waals surface area contributed by atoms with Crippen molar-refractivity contribution in [2.75, 3.05) is 11.9 Å². The van der Waals surface area contributed by atoms with Gasteiger partial charge in [-0.15, -0.1) is 0 Å². The van der Waals surface area contributed by atoms with Crippen molar-refractivity contribution in [3.8, 4) is 0 Å². The van der Waals surface area contributed by atoms with Crippen molar-refractivity contribution in [2.24, 2.45) is 0 Å². The van der Waals surface area contributed by atoms with E-state index in [4.69, 9.17) is 0 Å². The molecule has 0 atom stereocenters. The number of rotatable bonds is 7. The highest BCUT2D eigenvalue weighted by molar-refractivity contribution is 9.10. The van der Waals surface area contributed by atoms with Crippen LogP contribution in [0, 0.1) is 0 Å². The summed E-state index contributed by atoms with van der Waals surface area (Å²) in [6.45, 7) is 1.77. The Morgan fingerprint density at radius 3 is 1.81 bits per heavy atom. The molecule has 0 heterocycles. The molecule has 3 nitrogen and oxygen atoms in total. The summed E-state index contributed by atoms with van der Waals surface area (Å²) in [7, 11) is 0. The quantitative estimate of drug-likeness (QED) is 0.590. The Labute approximate surface area is 162 Å². The molecule has 0 spiro atoms. The summed E-state index contributed by atoms with van der Waals surface area (Å²) in [5.41, 5.74) is 3.17. The smallest absolute Gasteiger partial charge is 0.238 e. The maximum atomic E-state index is 12.6. The Balaban J connectivity index is 1.70. The Kier molecular flexibility index (Phi) is 6.58. The number of anilines is 1. The number of carbonyl (C=O) groups is 1. The first kappa shape index (κ1) is 18.4. The third-order valence-electron chi connectivity index (χ3n) is 4.01. The van der Waals surface area contributed by atoms with Crippen LogP contribution in [0.1, 0.15) is 11.1 Å². The monoisotopic (exact) mass is 408 g/mol. The predicted octanol–water partition coefficient (Wildman–Crippen LogP) is 5.09. The van der Waals surface area contributed by atoms with Gasteiger partial charge in [0.05, 0.1) is 12.2 Å². The molecule has 0 aliphatic rings. The summed E-state index contributed by atoms with van der Waals surface area (Å²) < 4.78 is 0.881. The molecule has 0 saturated heterocycles. The molecule has 1 amide bonds. The molecule has 3 rings (SSSR count). The fraction of sp³-hybridized carbons (Fsp3) is 0.136. The molecule has 0 aliphatic heterocycles. The number of benzene rings is 3. The van der Waals surface area contributed by atoms with E-state index >= 15 is 0 Å². The summed E-state index contributed by atoms with van der Waals surface area (Å²) in [5.74, 6) is -0.0243. The summed E-state index contributed by atoms with van der Waals surface area (Å²) in [4.78, 5) is 14.7. The van der Waals surface area contributed by atoms with Crippen molar-refractivity contribution >= 4 is 27.5 Å². The van der Waals surface area contributed by atoms with Gasteiger partial charge in [-0.3, -0.25) is 9.69 Å². The van der Waals surface area contributed by atoms with Gasteiger partial charge in [0.15, 0.2) is 0 Å². The number of amides is 1. The van der Waals surface area contributed by atoms with Crippen LogP contribution >= 0.6 is 15.9 Å². The van der Waals surface area contributed by atoms with Gasteiger partial charge in [0.2, 0.25) is 5.91 Å². The first-order chi connectivity index (χ1) is 12.7. The molecule has 0 saturated carbocycles. The highest BCUT2D eigenvalue weighted by Crippen LogP contribution is 2.21. The zero-order chi connectivity index (χ0) is 18.2. The fourth-order valence-corrected chi connectivity index (χ4v) is 3.19. The lowest BCUT2D eigenvalue weighted by Crippen LogP contribution is -2.32. The molecule has 4 heteroatoms. The summed E-state index contributed by atoms with van der Waals surface area (Å²) in [6, 6.07) is 28.1. The van der Waals surface area contributed by atoms with Crippen LogP contribution in [0.5, 0.6) is 0 Å². The summed E-state index contributed by atoms with van der Waals surface area (Å²) in [5, 5.41) is 2.98. The molecular weight excluding hydrogens is 388 g/mol. The molecule has 132 valence electrons. The first-order valence-electron chi connectivity index (χ1n) is 8.55. The Morgan fingerprint density at radius 1 is 0.769 bits per heavy atom. The summed E-state index contributed by atoms with van der Waals surface area (Å²) >= 11 is 3.47. The van der Waals surface area contributed by atoms with Crippen LogP contribution in [-0.4, -0.2) is 17.4 Å². The second-order valence-corrected chi connectivity index (χ2v) is 7.00. The second kappa shape index (κ2) is 9.32. The van der Waals surface area contributed by atoms with Gasteiger partial charge in [0.25, 0.3) is 0 Å². The summed E-state index contributed by atoms with van der Waals surface area (Å²) in [6.07, 6.45) is 0. The number of nitrogens with zero attached hydrogens (tertiary/aromatic N) is 1. The van der Waals surface area contributed by atoms with Crippen LogP contribution in [0.2, 0.25) is 0 Å². The molecule has 26 heavy (non-hydrogen) atoms. The molecule has 0 fully saturated rings. The maximum Gasteiger partial charge on any atom is 0.238 e. The molecule has 1 N–H and O–H groups in total. The SMILES string of the molecule is O=C(CN(Cc1ccccc1)Cc1ccccc1)Nc1ccccc1Br. The number of carbonyl (C=O) groups excluding carboxylic acids is 1. The lowest BCUT2D eigenvalue weighted by molar-refractivity contribution is -0.117. The molecule has 3 aromatic carbocycles. The van der Waals surface area contributed by atoms with Crippen molar-refractivity contribution in [1.29, 1.82) is 0 Å². The van der Waals surface area contributed by atoms with Crippen molar-refractivity contribution in [3.05, 3.63) is 101 Å². The van der Waals surface area contributed by atoms with Gasteiger partial charge in [0, 0.05) is 17.6 Å². The largest absolute Gasteiger partial charge is 0.324 e. The van der Waals surface area contributed by atoms with E-state index in [-0.39, 0.29) is 5.91 Å². The van der Waals surface area contributed by atoms with Gasteiger partial charge < -0.3 is 5.32 Å². The lowest BCUT2D eigenvalue weighted by atomic mass is 10.1. The van der Waals surface area contributed by atoms with Gasteiger partial charge >= 0.3 is 0 Å². The van der Waals surface area contributed by atoms with Crippen LogP contribution < -0.4 is 5.32 Å². The van der Waals surface area contributed by atoms with E-state index in [0.29, 0.717) is 6.54 Å². The van der Waals surface area contributed by atoms with Gasteiger partial charge in [-0.1, -0.05) is 72.8 Å². The van der Waals surface area contributed by atoms with Gasteiger partial charge in [-0.2, -0.15) is 0 Å². The molecule has 0 unspecified atom stereocenters. The first-order valence-corrected chi connectivity index (χ1v) is 9.34. The van der Waals surface area contributed by atoms with Crippen molar-refractivity contribution < 1.29 is 4.79 Å². The van der Waals surface area contributed by atoms with Gasteiger partial charge in [0.1, 0.15) is 0 Å². The second-order valence-electron chi connectivity index (χ2n) is 6.14. The van der Waals surface area contributed by atoms with Crippen LogP contribution in [-0.2, 0) is 17.9 Å². The zero-order valence-corrected chi connectivity index (χ0v) is 16.0.